The molecule has 3 heterocycles. The third-order valence-corrected chi connectivity index (χ3v) is 5.23. The molecule has 0 aromatic carbocycles. The lowest BCUT2D eigenvalue weighted by Gasteiger charge is -2.08. The van der Waals surface area contributed by atoms with Gasteiger partial charge >= 0.3 is 0 Å². The van der Waals surface area contributed by atoms with Crippen molar-refractivity contribution in [2.45, 2.75) is 31.3 Å². The van der Waals surface area contributed by atoms with Gasteiger partial charge in [-0.2, -0.15) is 9.65 Å². The minimum absolute atomic E-state index is 0.120. The van der Waals surface area contributed by atoms with Crippen LogP contribution in [-0.4, -0.2) is 21.5 Å². The molecule has 1 aliphatic rings. The summed E-state index contributed by atoms with van der Waals surface area (Å²) in [6, 6.07) is 4.34. The number of pyridine rings is 1. The number of aromatic nitrogens is 2. The van der Waals surface area contributed by atoms with Gasteiger partial charge in [-0.05, 0) is 37.9 Å². The second kappa shape index (κ2) is 7.50. The minimum Gasteiger partial charge on any atom is -0.331 e. The summed E-state index contributed by atoms with van der Waals surface area (Å²) in [5.74, 6) is -1.32. The first kappa shape index (κ1) is 18.5. The van der Waals surface area contributed by atoms with Crippen LogP contribution in [0.25, 0.3) is 6.08 Å². The van der Waals surface area contributed by atoms with E-state index in [1.165, 1.54) is 18.0 Å². The number of fused-ring (bicyclic) bond motifs is 1. The van der Waals surface area contributed by atoms with Crippen LogP contribution in [-0.2, 0) is 6.54 Å². The fourth-order valence-corrected chi connectivity index (χ4v) is 3.74. The number of amides is 1. The number of rotatable bonds is 5. The molecule has 0 fully saturated rings. The number of nitrogens with one attached hydrogen (secondary N) is 2. The Hall–Kier alpha value is -2.34. The molecule has 0 radical (unpaired) electrons. The Morgan fingerprint density at radius 2 is 2.27 bits per heavy atom. The topological polar surface area (TPSA) is 82.7 Å². The van der Waals surface area contributed by atoms with Gasteiger partial charge in [0, 0.05) is 24.3 Å². The smallest absolute Gasteiger partial charge is 0.273 e. The van der Waals surface area contributed by atoms with Crippen molar-refractivity contribution < 1.29 is 9.18 Å². The maximum Gasteiger partial charge on any atom is 0.273 e. The molecule has 134 valence electrons. The van der Waals surface area contributed by atoms with Gasteiger partial charge < -0.3 is 9.88 Å². The van der Waals surface area contributed by atoms with Gasteiger partial charge in [0.2, 0.25) is 5.95 Å². The molecule has 1 amide bonds. The highest BCUT2D eigenvalue weighted by Crippen LogP contribution is 2.38. The third-order valence-electron chi connectivity index (χ3n) is 3.54. The van der Waals surface area contributed by atoms with Gasteiger partial charge in [0.25, 0.3) is 5.91 Å². The van der Waals surface area contributed by atoms with Crippen molar-refractivity contribution in [2.24, 2.45) is 0 Å². The van der Waals surface area contributed by atoms with Crippen LogP contribution in [0.2, 0.25) is 5.02 Å². The Balaban J connectivity index is 1.92. The van der Waals surface area contributed by atoms with Crippen LogP contribution < -0.4 is 10.0 Å². The predicted octanol–water partition coefficient (Wildman–Crippen LogP) is 3.83. The fourth-order valence-electron chi connectivity index (χ4n) is 2.52. The van der Waals surface area contributed by atoms with Crippen LogP contribution in [0.1, 0.15) is 35.7 Å². The van der Waals surface area contributed by atoms with E-state index in [0.717, 1.165) is 16.7 Å². The van der Waals surface area contributed by atoms with E-state index in [1.54, 1.807) is 10.6 Å². The number of anilines is 1. The van der Waals surface area contributed by atoms with Crippen molar-refractivity contribution in [3.63, 3.8) is 0 Å². The predicted molar refractivity (Wildman–Crippen MR) is 99.5 cm³/mol. The van der Waals surface area contributed by atoms with Crippen molar-refractivity contribution in [3.8, 4) is 6.07 Å². The summed E-state index contributed by atoms with van der Waals surface area (Å²) < 4.78 is 18.5. The number of hydrogen-bond acceptors (Lipinski definition) is 5. The zero-order valence-electron chi connectivity index (χ0n) is 14.0. The Kier molecular flexibility index (Phi) is 5.32. The van der Waals surface area contributed by atoms with Gasteiger partial charge in [-0.3, -0.25) is 9.52 Å². The van der Waals surface area contributed by atoms with Crippen LogP contribution in [0.3, 0.4) is 0 Å². The van der Waals surface area contributed by atoms with Crippen molar-refractivity contribution >= 4 is 41.2 Å². The maximum atomic E-state index is 13.5. The molecular formula is C17H15ClFN5OS. The zero-order valence-corrected chi connectivity index (χ0v) is 15.6. The molecule has 0 atom stereocenters. The first-order valence-corrected chi connectivity index (χ1v) is 9.00. The average molecular weight is 392 g/mol. The highest BCUT2D eigenvalue weighted by atomic mass is 35.5. The van der Waals surface area contributed by atoms with E-state index < -0.39 is 11.9 Å². The van der Waals surface area contributed by atoms with Crippen molar-refractivity contribution in [1.29, 1.82) is 5.26 Å². The number of carbonyl (C=O) groups excluding carboxylic acids is 1. The molecule has 3 rings (SSSR count). The molecule has 0 saturated carbocycles. The summed E-state index contributed by atoms with van der Waals surface area (Å²) in [5.41, 5.74) is 1.16. The van der Waals surface area contributed by atoms with Gasteiger partial charge in [0.15, 0.2) is 0 Å². The van der Waals surface area contributed by atoms with E-state index >= 15 is 0 Å². The molecule has 0 aliphatic carbocycles. The van der Waals surface area contributed by atoms with Gasteiger partial charge in [-0.25, -0.2) is 4.98 Å². The number of carbonyl (C=O) groups is 1. The summed E-state index contributed by atoms with van der Waals surface area (Å²) in [6.07, 6.45) is 3.84. The Morgan fingerprint density at radius 1 is 1.50 bits per heavy atom. The summed E-state index contributed by atoms with van der Waals surface area (Å²) in [7, 11) is 0. The van der Waals surface area contributed by atoms with Crippen LogP contribution in [0.4, 0.5) is 10.1 Å². The molecule has 2 aromatic rings. The molecule has 2 aromatic heterocycles. The lowest BCUT2D eigenvalue weighted by atomic mass is 10.3. The van der Waals surface area contributed by atoms with Crippen LogP contribution in [0.5, 0.6) is 0 Å². The van der Waals surface area contributed by atoms with E-state index in [0.29, 0.717) is 11.6 Å². The Morgan fingerprint density at radius 3 is 2.96 bits per heavy atom. The van der Waals surface area contributed by atoms with Crippen LogP contribution in [0, 0.1) is 17.3 Å². The summed E-state index contributed by atoms with van der Waals surface area (Å²) in [6.45, 7) is 4.53. The molecule has 2 N–H and O–H groups in total. The van der Waals surface area contributed by atoms with Gasteiger partial charge in [-0.1, -0.05) is 17.7 Å². The first-order valence-electron chi connectivity index (χ1n) is 7.80. The number of hydrogen-bond donors (Lipinski definition) is 2. The quantitative estimate of drug-likeness (QED) is 0.597. The monoisotopic (exact) mass is 391 g/mol. The van der Waals surface area contributed by atoms with E-state index in [4.69, 9.17) is 16.9 Å². The lowest BCUT2D eigenvalue weighted by molar-refractivity contribution is 0.101. The van der Waals surface area contributed by atoms with Crippen molar-refractivity contribution in [3.05, 3.63) is 46.3 Å². The normalized spacial score (nSPS) is 12.3. The fraction of sp³-hybridized carbons (Fsp3) is 0.235. The highest BCUT2D eigenvalue weighted by Gasteiger charge is 2.27. The molecule has 0 bridgehead atoms. The molecule has 0 unspecified atom stereocenters. The second-order valence-corrected chi connectivity index (χ2v) is 7.12. The highest BCUT2D eigenvalue weighted by molar-refractivity contribution is 7.97. The van der Waals surface area contributed by atoms with E-state index in [2.05, 4.69) is 15.0 Å². The minimum atomic E-state index is -0.843. The summed E-state index contributed by atoms with van der Waals surface area (Å²) in [4.78, 5) is 16.9. The molecular weight excluding hydrogens is 377 g/mol. The second-order valence-electron chi connectivity index (χ2n) is 5.89. The van der Waals surface area contributed by atoms with Crippen molar-refractivity contribution in [1.82, 2.24) is 14.3 Å². The van der Waals surface area contributed by atoms with Crippen LogP contribution in [0.15, 0.2) is 23.1 Å². The maximum absolute atomic E-state index is 13.5. The summed E-state index contributed by atoms with van der Waals surface area (Å²) >= 11 is 7.83. The number of nitrogens with zero attached hydrogens (tertiary/aromatic N) is 3. The SMILES string of the molecule is CC(C)NSc1c(Cl)c(C(=O)Nc2cc(F)nc(C#N)c2)n2c1C=CC2. The van der Waals surface area contributed by atoms with E-state index in [9.17, 15) is 9.18 Å². The lowest BCUT2D eigenvalue weighted by Crippen LogP contribution is -2.17. The Bertz CT molecular complexity index is 948. The average Bonchev–Trinajstić information content (AvgIpc) is 3.12. The summed E-state index contributed by atoms with van der Waals surface area (Å²) in [5, 5.41) is 11.8. The standard InChI is InChI=1S/C17H15ClFN5OS/c1-9(2)23-26-16-12-4-3-5-24(12)15(14(16)18)17(25)22-10-6-11(8-20)21-13(19)7-10/h3-4,6-7,9,23H,5H2,1-2H3,(H,21,22,25). The molecule has 6 nitrogen and oxygen atoms in total. The van der Waals surface area contributed by atoms with E-state index in [-0.39, 0.29) is 23.1 Å². The number of halogens is 2. The first-order chi connectivity index (χ1) is 12.4. The zero-order chi connectivity index (χ0) is 18.8. The van der Waals surface area contributed by atoms with Crippen LogP contribution >= 0.6 is 23.5 Å². The largest absolute Gasteiger partial charge is 0.331 e. The molecule has 9 heteroatoms. The molecule has 0 saturated heterocycles. The number of nitriles is 1. The van der Waals surface area contributed by atoms with E-state index in [1.807, 2.05) is 26.0 Å². The van der Waals surface area contributed by atoms with Gasteiger partial charge in [0.1, 0.15) is 17.5 Å². The van der Waals surface area contributed by atoms with Crippen molar-refractivity contribution in [2.75, 3.05) is 5.32 Å². The molecule has 0 spiro atoms. The Labute approximate surface area is 159 Å². The van der Waals surface area contributed by atoms with Gasteiger partial charge in [-0.15, -0.1) is 0 Å². The third kappa shape index (κ3) is 3.60. The molecule has 1 aliphatic heterocycles. The molecule has 26 heavy (non-hydrogen) atoms. The van der Waals surface area contributed by atoms with Gasteiger partial charge in [0.05, 0.1) is 15.6 Å². The number of allylic oxidation sites excluding steroid dienone is 1.